The number of thiophene rings is 1. The minimum absolute atomic E-state index is 0.904. The van der Waals surface area contributed by atoms with Crippen molar-refractivity contribution < 1.29 is 4.42 Å². The van der Waals surface area contributed by atoms with Crippen molar-refractivity contribution in [2.24, 2.45) is 0 Å². The van der Waals surface area contributed by atoms with Crippen LogP contribution in [0.2, 0.25) is 0 Å². The number of hydrogen-bond acceptors (Lipinski definition) is 3. The third-order valence-corrected chi connectivity index (χ3v) is 13.2. The maximum absolute atomic E-state index is 6.47. The van der Waals surface area contributed by atoms with E-state index in [1.165, 1.54) is 58.8 Å². The summed E-state index contributed by atoms with van der Waals surface area (Å²) in [7, 11) is 0. The van der Waals surface area contributed by atoms with Gasteiger partial charge in [0, 0.05) is 53.4 Å². The van der Waals surface area contributed by atoms with Gasteiger partial charge in [-0.05, 0) is 92.7 Å². The highest BCUT2D eigenvalue weighted by atomic mass is 32.1. The zero-order valence-corrected chi connectivity index (χ0v) is 33.9. The summed E-state index contributed by atoms with van der Waals surface area (Å²) in [6.07, 6.45) is 0. The van der Waals surface area contributed by atoms with Crippen LogP contribution in [0.1, 0.15) is 0 Å². The van der Waals surface area contributed by atoms with E-state index in [2.05, 4.69) is 217 Å². The second-order valence-corrected chi connectivity index (χ2v) is 16.7. The van der Waals surface area contributed by atoms with Crippen molar-refractivity contribution in [2.75, 3.05) is 4.90 Å². The minimum Gasteiger partial charge on any atom is -0.455 e. The van der Waals surface area contributed by atoms with Crippen LogP contribution in [0.4, 0.5) is 17.1 Å². The molecule has 0 saturated heterocycles. The van der Waals surface area contributed by atoms with Crippen molar-refractivity contribution in [3.8, 4) is 44.5 Å². The number of para-hydroxylation sites is 3. The van der Waals surface area contributed by atoms with Crippen LogP contribution >= 0.6 is 11.3 Å². The van der Waals surface area contributed by atoms with Gasteiger partial charge in [-0.3, -0.25) is 0 Å². The zero-order chi connectivity index (χ0) is 40.3. The number of hydrogen-bond donors (Lipinski definition) is 0. The first kappa shape index (κ1) is 35.2. The molecule has 0 fully saturated rings. The molecule has 12 rings (SSSR count). The van der Waals surface area contributed by atoms with Gasteiger partial charge < -0.3 is 9.32 Å². The molecule has 12 aromatic rings. The van der Waals surface area contributed by atoms with Crippen LogP contribution in [-0.4, -0.2) is 0 Å². The van der Waals surface area contributed by atoms with Crippen LogP contribution in [0, 0.1) is 0 Å². The lowest BCUT2D eigenvalue weighted by Gasteiger charge is -2.28. The molecule has 0 amide bonds. The number of fused-ring (bicyclic) bond motifs is 7. The summed E-state index contributed by atoms with van der Waals surface area (Å²) < 4.78 is 9.07. The van der Waals surface area contributed by atoms with E-state index in [4.69, 9.17) is 4.42 Å². The Balaban J connectivity index is 0.980. The summed E-state index contributed by atoms with van der Waals surface area (Å²) in [5.41, 5.74) is 14.4. The Morgan fingerprint density at radius 1 is 0.328 bits per heavy atom. The van der Waals surface area contributed by atoms with Crippen LogP contribution in [-0.2, 0) is 0 Å². The molecule has 3 heteroatoms. The molecule has 0 unspecified atom stereocenters. The van der Waals surface area contributed by atoms with E-state index in [9.17, 15) is 0 Å². The summed E-state index contributed by atoms with van der Waals surface area (Å²) in [5, 5.41) is 7.39. The summed E-state index contributed by atoms with van der Waals surface area (Å²) in [4.78, 5) is 2.41. The monoisotopic (exact) mass is 795 g/mol. The van der Waals surface area contributed by atoms with Gasteiger partial charge in [0.1, 0.15) is 11.2 Å². The zero-order valence-electron chi connectivity index (χ0n) is 33.1. The highest BCUT2D eigenvalue weighted by Crippen LogP contribution is 2.45. The van der Waals surface area contributed by atoms with E-state index in [-0.39, 0.29) is 0 Å². The third kappa shape index (κ3) is 6.09. The molecule has 0 N–H and O–H groups in total. The molecule has 2 nitrogen and oxygen atoms in total. The van der Waals surface area contributed by atoms with Gasteiger partial charge in [0.05, 0.1) is 5.69 Å². The Bertz CT molecular complexity index is 3590. The number of anilines is 3. The molecule has 0 spiro atoms. The van der Waals surface area contributed by atoms with Crippen LogP contribution in [0.25, 0.3) is 97.4 Å². The molecule has 2 heterocycles. The second-order valence-electron chi connectivity index (χ2n) is 15.6. The standard InChI is InChI=1S/C58H37NOS/c1-2-16-46-39(12-1)13-10-20-47(46)40-28-26-38(27-29-40)42-14-9-15-45(36-42)59(44-33-30-41(31-34-44)49-21-11-22-53-50-18-4-7-24-55(50)60-58(49)53)54-23-6-3-17-48(54)43-32-35-52-51-19-5-8-25-56(51)61-57(52)37-43/h1-37H. The van der Waals surface area contributed by atoms with Crippen LogP contribution < -0.4 is 4.90 Å². The van der Waals surface area contributed by atoms with Gasteiger partial charge in [-0.2, -0.15) is 0 Å². The molecule has 0 aliphatic carbocycles. The van der Waals surface area contributed by atoms with E-state index >= 15 is 0 Å². The maximum Gasteiger partial charge on any atom is 0.143 e. The third-order valence-electron chi connectivity index (χ3n) is 12.1. The van der Waals surface area contributed by atoms with Gasteiger partial charge in [-0.1, -0.05) is 176 Å². The Kier molecular flexibility index (Phi) is 8.39. The molecule has 2 aromatic heterocycles. The fraction of sp³-hybridized carbons (Fsp3) is 0. The predicted molar refractivity (Wildman–Crippen MR) is 261 cm³/mol. The van der Waals surface area contributed by atoms with Crippen LogP contribution in [0.15, 0.2) is 229 Å². The van der Waals surface area contributed by atoms with Crippen molar-refractivity contribution in [1.82, 2.24) is 0 Å². The average molecular weight is 796 g/mol. The van der Waals surface area contributed by atoms with Crippen molar-refractivity contribution in [3.63, 3.8) is 0 Å². The van der Waals surface area contributed by atoms with Crippen molar-refractivity contribution in [2.45, 2.75) is 0 Å². The number of nitrogens with zero attached hydrogens (tertiary/aromatic N) is 1. The molecule has 0 saturated carbocycles. The van der Waals surface area contributed by atoms with Crippen LogP contribution in [0.5, 0.6) is 0 Å². The fourth-order valence-electron chi connectivity index (χ4n) is 9.14. The summed E-state index contributed by atoms with van der Waals surface area (Å²) in [5.74, 6) is 0. The van der Waals surface area contributed by atoms with Gasteiger partial charge in [-0.15, -0.1) is 11.3 Å². The van der Waals surface area contributed by atoms with Crippen LogP contribution in [0.3, 0.4) is 0 Å². The summed E-state index contributed by atoms with van der Waals surface area (Å²) in [6.45, 7) is 0. The first-order valence-corrected chi connectivity index (χ1v) is 21.6. The van der Waals surface area contributed by atoms with Gasteiger partial charge in [0.15, 0.2) is 0 Å². The molecule has 0 aliphatic rings. The lowest BCUT2D eigenvalue weighted by Crippen LogP contribution is -2.11. The molecule has 10 aromatic carbocycles. The summed E-state index contributed by atoms with van der Waals surface area (Å²) >= 11 is 1.86. The second kappa shape index (κ2) is 14.5. The molecule has 0 bridgehead atoms. The number of rotatable bonds is 7. The topological polar surface area (TPSA) is 16.4 Å². The molecular formula is C58H37NOS. The van der Waals surface area contributed by atoms with Crippen molar-refractivity contribution in [1.29, 1.82) is 0 Å². The molecule has 286 valence electrons. The van der Waals surface area contributed by atoms with Gasteiger partial charge >= 0.3 is 0 Å². The van der Waals surface area contributed by atoms with Crippen molar-refractivity contribution in [3.05, 3.63) is 224 Å². The molecule has 0 atom stereocenters. The lowest BCUT2D eigenvalue weighted by atomic mass is 9.96. The van der Waals surface area contributed by atoms with Gasteiger partial charge in [0.2, 0.25) is 0 Å². The van der Waals surface area contributed by atoms with E-state index < -0.39 is 0 Å². The van der Waals surface area contributed by atoms with Gasteiger partial charge in [0.25, 0.3) is 0 Å². The normalized spacial score (nSPS) is 11.6. The number of benzene rings is 10. The summed E-state index contributed by atoms with van der Waals surface area (Å²) in [6, 6.07) is 81.2. The van der Waals surface area contributed by atoms with Gasteiger partial charge in [-0.25, -0.2) is 0 Å². The Morgan fingerprint density at radius 2 is 0.934 bits per heavy atom. The molecular weight excluding hydrogens is 759 g/mol. The highest BCUT2D eigenvalue weighted by Gasteiger charge is 2.20. The number of furan rings is 1. The molecule has 0 aliphatic heterocycles. The van der Waals surface area contributed by atoms with E-state index in [0.29, 0.717) is 0 Å². The van der Waals surface area contributed by atoms with E-state index in [1.54, 1.807) is 0 Å². The quantitative estimate of drug-likeness (QED) is 0.160. The maximum atomic E-state index is 6.47. The van der Waals surface area contributed by atoms with Crippen molar-refractivity contribution >= 4 is 81.3 Å². The Labute approximate surface area is 357 Å². The lowest BCUT2D eigenvalue weighted by molar-refractivity contribution is 0.670. The molecule has 0 radical (unpaired) electrons. The Morgan fingerprint density at radius 3 is 1.84 bits per heavy atom. The van der Waals surface area contributed by atoms with E-state index in [1.807, 2.05) is 23.5 Å². The SMILES string of the molecule is c1cc(-c2ccc(-c3cccc4ccccc34)cc2)cc(N(c2ccc(-c3cccc4c3oc3ccccc34)cc2)c2ccccc2-c2ccc3c(c2)sc2ccccc23)c1. The molecule has 61 heavy (non-hydrogen) atoms. The smallest absolute Gasteiger partial charge is 0.143 e. The fourth-order valence-corrected chi connectivity index (χ4v) is 10.3. The Hall–Kier alpha value is -7.72. The average Bonchev–Trinajstić information content (AvgIpc) is 3.90. The largest absolute Gasteiger partial charge is 0.455 e. The van der Waals surface area contributed by atoms with E-state index in [0.717, 1.165) is 55.7 Å². The minimum atomic E-state index is 0.904. The highest BCUT2D eigenvalue weighted by molar-refractivity contribution is 7.25. The predicted octanol–water partition coefficient (Wildman–Crippen LogP) is 17.2. The first-order valence-electron chi connectivity index (χ1n) is 20.7. The first-order chi connectivity index (χ1) is 30.2.